The number of methoxy groups -OCH3 is 1. The molecule has 1 fully saturated rings. The Balaban J connectivity index is 1.07. The van der Waals surface area contributed by atoms with E-state index in [1.54, 1.807) is 19.5 Å². The average Bonchev–Trinajstić information content (AvgIpc) is 2.86. The van der Waals surface area contributed by atoms with E-state index in [9.17, 15) is 0 Å². The SMILES string of the molecule is COc1cnc2c(n1)N(CCN1CCC(NCc3cc4c(cn3)OCCO4)CC1)CC=C2. The van der Waals surface area contributed by atoms with Gasteiger partial charge in [-0.1, -0.05) is 6.08 Å². The van der Waals surface area contributed by atoms with E-state index in [0.29, 0.717) is 25.1 Å². The van der Waals surface area contributed by atoms with Crippen LogP contribution in [0.1, 0.15) is 24.2 Å². The number of hydrogen-bond donors (Lipinski definition) is 1. The zero-order chi connectivity index (χ0) is 21.8. The van der Waals surface area contributed by atoms with Gasteiger partial charge in [0.15, 0.2) is 17.3 Å². The number of nitrogens with zero attached hydrogens (tertiary/aromatic N) is 5. The fraction of sp³-hybridized carbons (Fsp3) is 0.522. The maximum Gasteiger partial charge on any atom is 0.234 e. The summed E-state index contributed by atoms with van der Waals surface area (Å²) in [6.45, 7) is 6.92. The second-order valence-corrected chi connectivity index (χ2v) is 8.29. The highest BCUT2D eigenvalue weighted by atomic mass is 16.6. The Kier molecular flexibility index (Phi) is 6.36. The fourth-order valence-electron chi connectivity index (χ4n) is 4.35. The second kappa shape index (κ2) is 9.70. The van der Waals surface area contributed by atoms with Gasteiger partial charge in [-0.25, -0.2) is 4.98 Å². The number of pyridine rings is 1. The van der Waals surface area contributed by atoms with Crippen LogP contribution in [0.2, 0.25) is 0 Å². The monoisotopic (exact) mass is 438 g/mol. The molecule has 9 nitrogen and oxygen atoms in total. The Morgan fingerprint density at radius 3 is 2.78 bits per heavy atom. The van der Waals surface area contributed by atoms with E-state index in [0.717, 1.165) is 80.8 Å². The van der Waals surface area contributed by atoms with Crippen molar-refractivity contribution >= 4 is 11.9 Å². The highest BCUT2D eigenvalue weighted by Gasteiger charge is 2.22. The van der Waals surface area contributed by atoms with Gasteiger partial charge >= 0.3 is 0 Å². The van der Waals surface area contributed by atoms with Crippen LogP contribution in [0.5, 0.6) is 17.4 Å². The minimum Gasteiger partial charge on any atom is -0.486 e. The third-order valence-electron chi connectivity index (χ3n) is 6.20. The molecule has 2 aromatic heterocycles. The van der Waals surface area contributed by atoms with E-state index in [1.165, 1.54) is 0 Å². The molecule has 0 radical (unpaired) electrons. The molecule has 0 aromatic carbocycles. The lowest BCUT2D eigenvalue weighted by Crippen LogP contribution is -2.45. The highest BCUT2D eigenvalue weighted by molar-refractivity contribution is 5.65. The molecule has 0 aliphatic carbocycles. The molecule has 9 heteroatoms. The summed E-state index contributed by atoms with van der Waals surface area (Å²) >= 11 is 0. The molecule has 1 saturated heterocycles. The Bertz CT molecular complexity index is 961. The first-order chi connectivity index (χ1) is 15.8. The molecule has 1 N–H and O–H groups in total. The van der Waals surface area contributed by atoms with Gasteiger partial charge in [0.05, 0.1) is 25.2 Å². The first-order valence-electron chi connectivity index (χ1n) is 11.3. The molecule has 0 bridgehead atoms. The van der Waals surface area contributed by atoms with Gasteiger partial charge < -0.3 is 29.3 Å². The molecule has 32 heavy (non-hydrogen) atoms. The minimum absolute atomic E-state index is 0.509. The van der Waals surface area contributed by atoms with Crippen molar-refractivity contribution in [2.75, 3.05) is 57.9 Å². The van der Waals surface area contributed by atoms with Crippen LogP contribution in [0.15, 0.2) is 24.5 Å². The van der Waals surface area contributed by atoms with Crippen LogP contribution in [0, 0.1) is 0 Å². The summed E-state index contributed by atoms with van der Waals surface area (Å²) in [7, 11) is 1.63. The number of likely N-dealkylation sites (tertiary alicyclic amines) is 1. The predicted molar refractivity (Wildman–Crippen MR) is 121 cm³/mol. The Labute approximate surface area is 188 Å². The summed E-state index contributed by atoms with van der Waals surface area (Å²) in [6.07, 6.45) is 9.88. The van der Waals surface area contributed by atoms with Crippen LogP contribution in [-0.4, -0.2) is 78.9 Å². The molecule has 5 heterocycles. The Morgan fingerprint density at radius 2 is 1.94 bits per heavy atom. The molecule has 0 unspecified atom stereocenters. The van der Waals surface area contributed by atoms with E-state index < -0.39 is 0 Å². The van der Waals surface area contributed by atoms with Gasteiger partial charge in [0.25, 0.3) is 0 Å². The summed E-state index contributed by atoms with van der Waals surface area (Å²) < 4.78 is 16.5. The fourth-order valence-corrected chi connectivity index (χ4v) is 4.35. The standard InChI is InChI=1S/C23H30N6O3/c1-30-22-16-26-19-3-2-6-29(23(19)27-22)10-9-28-7-4-17(5-8-28)24-14-18-13-20-21(15-25-18)32-12-11-31-20/h2-3,13,15-17,24H,4-12,14H2,1H3. The summed E-state index contributed by atoms with van der Waals surface area (Å²) in [5.41, 5.74) is 1.90. The van der Waals surface area contributed by atoms with Crippen LogP contribution < -0.4 is 24.4 Å². The number of aromatic nitrogens is 3. The molecular formula is C23H30N6O3. The average molecular weight is 439 g/mol. The van der Waals surface area contributed by atoms with Gasteiger partial charge in [-0.2, -0.15) is 4.98 Å². The third-order valence-corrected chi connectivity index (χ3v) is 6.20. The van der Waals surface area contributed by atoms with Crippen molar-refractivity contribution in [2.45, 2.75) is 25.4 Å². The van der Waals surface area contributed by atoms with Crippen LogP contribution in [-0.2, 0) is 6.54 Å². The maximum absolute atomic E-state index is 5.66. The smallest absolute Gasteiger partial charge is 0.234 e. The maximum atomic E-state index is 5.66. The van der Waals surface area contributed by atoms with Crippen LogP contribution >= 0.6 is 0 Å². The van der Waals surface area contributed by atoms with Crippen molar-refractivity contribution in [1.29, 1.82) is 0 Å². The summed E-state index contributed by atoms with van der Waals surface area (Å²) in [5.74, 6) is 3.01. The lowest BCUT2D eigenvalue weighted by molar-refractivity contribution is 0.170. The predicted octanol–water partition coefficient (Wildman–Crippen LogP) is 1.74. The van der Waals surface area contributed by atoms with Crippen LogP contribution in [0.25, 0.3) is 6.08 Å². The summed E-state index contributed by atoms with van der Waals surface area (Å²) in [6, 6.07) is 2.49. The number of hydrogen-bond acceptors (Lipinski definition) is 9. The van der Waals surface area contributed by atoms with E-state index in [1.807, 2.05) is 12.1 Å². The van der Waals surface area contributed by atoms with Crippen molar-refractivity contribution in [3.63, 3.8) is 0 Å². The Morgan fingerprint density at radius 1 is 1.09 bits per heavy atom. The topological polar surface area (TPSA) is 84.9 Å². The summed E-state index contributed by atoms with van der Waals surface area (Å²) in [5, 5.41) is 3.66. The lowest BCUT2D eigenvalue weighted by Gasteiger charge is -2.34. The van der Waals surface area contributed by atoms with Crippen molar-refractivity contribution in [2.24, 2.45) is 0 Å². The number of ether oxygens (including phenoxy) is 3. The number of anilines is 1. The van der Waals surface area contributed by atoms with E-state index >= 15 is 0 Å². The number of piperidine rings is 1. The van der Waals surface area contributed by atoms with Crippen molar-refractivity contribution in [1.82, 2.24) is 25.2 Å². The first-order valence-corrected chi connectivity index (χ1v) is 11.3. The molecule has 0 atom stereocenters. The van der Waals surface area contributed by atoms with Crippen molar-refractivity contribution in [3.05, 3.63) is 35.9 Å². The quantitative estimate of drug-likeness (QED) is 0.695. The van der Waals surface area contributed by atoms with E-state index in [-0.39, 0.29) is 0 Å². The molecule has 0 amide bonds. The number of fused-ring (bicyclic) bond motifs is 2. The number of rotatable bonds is 7. The van der Waals surface area contributed by atoms with Crippen LogP contribution in [0.4, 0.5) is 5.82 Å². The summed E-state index contributed by atoms with van der Waals surface area (Å²) in [4.78, 5) is 18.4. The van der Waals surface area contributed by atoms with Gasteiger partial charge in [0.2, 0.25) is 5.88 Å². The zero-order valence-corrected chi connectivity index (χ0v) is 18.5. The van der Waals surface area contributed by atoms with Gasteiger partial charge in [0.1, 0.15) is 18.9 Å². The second-order valence-electron chi connectivity index (χ2n) is 8.29. The largest absolute Gasteiger partial charge is 0.486 e. The molecule has 0 saturated carbocycles. The molecular weight excluding hydrogens is 408 g/mol. The Hall–Kier alpha value is -2.91. The lowest BCUT2D eigenvalue weighted by atomic mass is 10.0. The van der Waals surface area contributed by atoms with Gasteiger partial charge in [0, 0.05) is 38.3 Å². The molecule has 170 valence electrons. The molecule has 5 rings (SSSR count). The number of nitrogens with one attached hydrogen (secondary N) is 1. The van der Waals surface area contributed by atoms with Gasteiger partial charge in [-0.3, -0.25) is 4.98 Å². The first kappa shape index (κ1) is 21.0. The minimum atomic E-state index is 0.509. The van der Waals surface area contributed by atoms with Crippen molar-refractivity contribution in [3.8, 4) is 17.4 Å². The molecule has 3 aliphatic heterocycles. The highest BCUT2D eigenvalue weighted by Crippen LogP contribution is 2.29. The van der Waals surface area contributed by atoms with E-state index in [2.05, 4.69) is 36.1 Å². The van der Waals surface area contributed by atoms with Crippen LogP contribution in [0.3, 0.4) is 0 Å². The van der Waals surface area contributed by atoms with E-state index in [4.69, 9.17) is 14.2 Å². The molecule has 3 aliphatic rings. The third kappa shape index (κ3) is 4.78. The van der Waals surface area contributed by atoms with Gasteiger partial charge in [-0.05, 0) is 32.0 Å². The molecule has 0 spiro atoms. The normalized spacial score (nSPS) is 18.5. The zero-order valence-electron chi connectivity index (χ0n) is 18.5. The van der Waals surface area contributed by atoms with Gasteiger partial charge in [-0.15, -0.1) is 0 Å². The molecule has 2 aromatic rings. The van der Waals surface area contributed by atoms with Crippen molar-refractivity contribution < 1.29 is 14.2 Å².